The first kappa shape index (κ1) is 11.8. The van der Waals surface area contributed by atoms with Gasteiger partial charge in [-0.1, -0.05) is 25.0 Å². The number of benzene rings is 1. The average molecular weight is 203 g/mol. The van der Waals surface area contributed by atoms with Gasteiger partial charge in [-0.2, -0.15) is 0 Å². The van der Waals surface area contributed by atoms with Crippen molar-refractivity contribution in [3.05, 3.63) is 30.3 Å². The molecule has 0 aliphatic heterocycles. The van der Waals surface area contributed by atoms with Crippen LogP contribution in [-0.4, -0.2) is 38.8 Å². The van der Waals surface area contributed by atoms with Crippen molar-refractivity contribution in [1.29, 1.82) is 0 Å². The van der Waals surface area contributed by atoms with E-state index in [9.17, 15) is 4.79 Å². The van der Waals surface area contributed by atoms with Crippen molar-refractivity contribution in [1.82, 2.24) is 4.81 Å². The molecule has 0 heterocycles. The van der Waals surface area contributed by atoms with Crippen LogP contribution in [0.3, 0.4) is 0 Å². The van der Waals surface area contributed by atoms with Gasteiger partial charge in [0.05, 0.1) is 6.54 Å². The van der Waals surface area contributed by atoms with E-state index in [1.54, 1.807) is 11.9 Å². The molecule has 79 valence electrons. The van der Waals surface area contributed by atoms with Crippen LogP contribution in [0.4, 0.5) is 5.69 Å². The van der Waals surface area contributed by atoms with Gasteiger partial charge >= 0.3 is 0 Å². The Morgan fingerprint density at radius 2 is 1.87 bits per heavy atom. The molecule has 1 aromatic carbocycles. The first-order chi connectivity index (χ1) is 7.15. The minimum atomic E-state index is 0.0850. The van der Waals surface area contributed by atoms with Crippen molar-refractivity contribution in [3.63, 3.8) is 0 Å². The van der Waals surface area contributed by atoms with Crippen LogP contribution in [0.1, 0.15) is 0 Å². The van der Waals surface area contributed by atoms with Gasteiger partial charge in [0.2, 0.25) is 13.3 Å². The van der Waals surface area contributed by atoms with Gasteiger partial charge in [0.25, 0.3) is 0 Å². The fourth-order valence-electron chi connectivity index (χ4n) is 1.21. The second-order valence-electron chi connectivity index (χ2n) is 3.46. The minimum Gasteiger partial charge on any atom is -0.342 e. The molecule has 0 aliphatic rings. The van der Waals surface area contributed by atoms with E-state index in [0.29, 0.717) is 6.54 Å². The van der Waals surface area contributed by atoms with Crippen molar-refractivity contribution < 1.29 is 4.79 Å². The molecule has 0 atom stereocenters. The number of anilines is 1. The lowest BCUT2D eigenvalue weighted by atomic mass is 9.97. The molecule has 0 aromatic heterocycles. The zero-order valence-corrected chi connectivity index (χ0v) is 9.47. The van der Waals surface area contributed by atoms with Crippen LogP contribution >= 0.6 is 0 Å². The van der Waals surface area contributed by atoms with Gasteiger partial charge in [-0.25, -0.2) is 0 Å². The third-order valence-corrected chi connectivity index (χ3v) is 2.34. The summed E-state index contributed by atoms with van der Waals surface area (Å²) in [5, 5.41) is 0. The number of rotatable bonds is 4. The second kappa shape index (κ2) is 5.56. The summed E-state index contributed by atoms with van der Waals surface area (Å²) in [6.07, 6.45) is 0. The molecule has 0 unspecified atom stereocenters. The Kier molecular flexibility index (Phi) is 4.37. The number of hydrogen-bond acceptors (Lipinski definition) is 2. The molecule has 4 heteroatoms. The first-order valence-corrected chi connectivity index (χ1v) is 4.96. The highest BCUT2D eigenvalue weighted by molar-refractivity contribution is 6.30. The highest BCUT2D eigenvalue weighted by Crippen LogP contribution is 2.10. The Balaban J connectivity index is 2.61. The molecule has 0 saturated carbocycles. The summed E-state index contributed by atoms with van der Waals surface area (Å²) in [4.78, 5) is 15.3. The number of amides is 1. The number of para-hydroxylation sites is 1. The molecule has 0 N–H and O–H groups in total. The SMILES string of the molecule is C[B]N(C)CC(=O)N(C)c1ccccc1. The molecular weight excluding hydrogens is 187 g/mol. The normalized spacial score (nSPS) is 10.1. The third kappa shape index (κ3) is 3.40. The zero-order chi connectivity index (χ0) is 11.3. The highest BCUT2D eigenvalue weighted by Gasteiger charge is 2.11. The van der Waals surface area contributed by atoms with Crippen LogP contribution in [0, 0.1) is 0 Å². The quantitative estimate of drug-likeness (QED) is 0.687. The Morgan fingerprint density at radius 1 is 1.27 bits per heavy atom. The first-order valence-electron chi connectivity index (χ1n) is 4.96. The molecule has 0 bridgehead atoms. The van der Waals surface area contributed by atoms with Crippen LogP contribution in [0.5, 0.6) is 0 Å². The molecule has 0 spiro atoms. The van der Waals surface area contributed by atoms with Crippen LogP contribution in [0.2, 0.25) is 6.82 Å². The molecule has 0 saturated heterocycles. The Bertz CT molecular complexity index is 316. The van der Waals surface area contributed by atoms with Crippen LogP contribution in [-0.2, 0) is 4.79 Å². The molecule has 1 radical (unpaired) electrons. The van der Waals surface area contributed by atoms with E-state index in [1.165, 1.54) is 0 Å². The summed E-state index contributed by atoms with van der Waals surface area (Å²) in [7, 11) is 5.56. The largest absolute Gasteiger partial charge is 0.342 e. The van der Waals surface area contributed by atoms with Crippen LogP contribution in [0.25, 0.3) is 0 Å². The smallest absolute Gasteiger partial charge is 0.239 e. The molecule has 3 nitrogen and oxygen atoms in total. The predicted molar refractivity (Wildman–Crippen MR) is 64.1 cm³/mol. The van der Waals surface area contributed by atoms with Crippen LogP contribution in [0.15, 0.2) is 30.3 Å². The maximum atomic E-state index is 11.8. The van der Waals surface area contributed by atoms with E-state index >= 15 is 0 Å². The lowest BCUT2D eigenvalue weighted by Gasteiger charge is -2.20. The van der Waals surface area contributed by atoms with Gasteiger partial charge in [-0.15, -0.1) is 0 Å². The lowest BCUT2D eigenvalue weighted by Crippen LogP contribution is -2.37. The van der Waals surface area contributed by atoms with E-state index in [2.05, 4.69) is 0 Å². The fourth-order valence-corrected chi connectivity index (χ4v) is 1.21. The van der Waals surface area contributed by atoms with E-state index in [1.807, 2.05) is 56.4 Å². The number of carbonyl (C=O) groups is 1. The molecule has 1 amide bonds. The summed E-state index contributed by atoms with van der Waals surface area (Å²) in [5.41, 5.74) is 0.923. The second-order valence-corrected chi connectivity index (χ2v) is 3.46. The number of hydrogen-bond donors (Lipinski definition) is 0. The minimum absolute atomic E-state index is 0.0850. The topological polar surface area (TPSA) is 23.6 Å². The molecule has 1 rings (SSSR count). The summed E-state index contributed by atoms with van der Waals surface area (Å²) in [6.45, 7) is 2.32. The monoisotopic (exact) mass is 203 g/mol. The van der Waals surface area contributed by atoms with E-state index in [4.69, 9.17) is 0 Å². The summed E-state index contributed by atoms with van der Waals surface area (Å²) >= 11 is 0. The van der Waals surface area contributed by atoms with E-state index < -0.39 is 0 Å². The molecule has 1 aromatic rings. The van der Waals surface area contributed by atoms with Gasteiger partial charge in [-0.05, 0) is 19.2 Å². The lowest BCUT2D eigenvalue weighted by molar-refractivity contribution is -0.118. The summed E-state index contributed by atoms with van der Waals surface area (Å²) in [5.74, 6) is 0.0850. The summed E-state index contributed by atoms with van der Waals surface area (Å²) in [6, 6.07) is 9.64. The Morgan fingerprint density at radius 3 is 2.40 bits per heavy atom. The van der Waals surface area contributed by atoms with Crippen molar-refractivity contribution in [2.45, 2.75) is 6.82 Å². The average Bonchev–Trinajstić information content (AvgIpc) is 2.29. The van der Waals surface area contributed by atoms with Gasteiger partial charge in [-0.3, -0.25) is 4.79 Å². The number of carbonyl (C=O) groups excluding carboxylic acids is 1. The molecule has 15 heavy (non-hydrogen) atoms. The molecule has 0 fully saturated rings. The van der Waals surface area contributed by atoms with E-state index in [-0.39, 0.29) is 5.91 Å². The Hall–Kier alpha value is -1.29. The molecule has 0 aliphatic carbocycles. The maximum Gasteiger partial charge on any atom is 0.239 e. The zero-order valence-electron chi connectivity index (χ0n) is 9.47. The van der Waals surface area contributed by atoms with Gasteiger partial charge in [0, 0.05) is 12.7 Å². The summed E-state index contributed by atoms with van der Waals surface area (Å²) < 4.78 is 0. The third-order valence-electron chi connectivity index (χ3n) is 2.34. The fraction of sp³-hybridized carbons (Fsp3) is 0.364. The van der Waals surface area contributed by atoms with Gasteiger partial charge in [0.1, 0.15) is 0 Å². The maximum absolute atomic E-state index is 11.8. The number of nitrogens with zero attached hydrogens (tertiary/aromatic N) is 2. The Labute approximate surface area is 91.9 Å². The van der Waals surface area contributed by atoms with Crippen molar-refractivity contribution >= 4 is 19.0 Å². The van der Waals surface area contributed by atoms with Gasteiger partial charge < -0.3 is 9.71 Å². The van der Waals surface area contributed by atoms with Crippen molar-refractivity contribution in [3.8, 4) is 0 Å². The molecular formula is C11H16BN2O. The van der Waals surface area contributed by atoms with Gasteiger partial charge in [0.15, 0.2) is 0 Å². The standard InChI is InChI=1S/C11H16BN2O/c1-12-13(2)9-11(15)14(3)10-7-5-4-6-8-10/h4-8H,9H2,1-3H3. The van der Waals surface area contributed by atoms with Crippen molar-refractivity contribution in [2.75, 3.05) is 25.5 Å². The predicted octanol–water partition coefficient (Wildman–Crippen LogP) is 1.25. The highest BCUT2D eigenvalue weighted by atomic mass is 16.2. The van der Waals surface area contributed by atoms with Crippen molar-refractivity contribution in [2.24, 2.45) is 0 Å². The van der Waals surface area contributed by atoms with Crippen LogP contribution < -0.4 is 4.90 Å². The van der Waals surface area contributed by atoms with E-state index in [0.717, 1.165) is 5.69 Å². The number of likely N-dealkylation sites (N-methyl/N-ethyl adjacent to an activating group) is 2.